The first kappa shape index (κ1) is 15.8. The average molecular weight is 285 g/mol. The summed E-state index contributed by atoms with van der Waals surface area (Å²) in [4.78, 5) is 0. The number of halogens is 1. The van der Waals surface area contributed by atoms with Gasteiger partial charge in [-0.15, -0.1) is 0 Å². The van der Waals surface area contributed by atoms with Crippen LogP contribution in [0.25, 0.3) is 0 Å². The first-order chi connectivity index (χ1) is 7.10. The first-order valence-corrected chi connectivity index (χ1v) is 6.77. The van der Waals surface area contributed by atoms with Gasteiger partial charge in [0.2, 0.25) is 0 Å². The second-order valence-electron chi connectivity index (χ2n) is 5.93. The van der Waals surface area contributed by atoms with Gasteiger partial charge in [0, 0.05) is 11.3 Å². The van der Waals surface area contributed by atoms with Gasteiger partial charge in [0.1, 0.15) is 0 Å². The second kappa shape index (κ2) is 5.92. The van der Waals surface area contributed by atoms with E-state index >= 15 is 0 Å². The lowest BCUT2D eigenvalue weighted by Gasteiger charge is -2.31. The summed E-state index contributed by atoms with van der Waals surface area (Å²) < 4.78 is 1.05. The van der Waals surface area contributed by atoms with Gasteiger partial charge in [-0.3, -0.25) is 0 Å². The van der Waals surface area contributed by atoms with Crippen LogP contribution in [-0.4, -0.2) is 0 Å². The average Bonchev–Trinajstić information content (AvgIpc) is 2.12. The molecular formula is C15H25Br. The molecule has 0 bridgehead atoms. The summed E-state index contributed by atoms with van der Waals surface area (Å²) in [5.74, 6) is 7.24. The van der Waals surface area contributed by atoms with Gasteiger partial charge in [0.25, 0.3) is 0 Å². The molecule has 0 fully saturated rings. The number of hydrogen-bond acceptors (Lipinski definition) is 0. The van der Waals surface area contributed by atoms with Gasteiger partial charge in [0.15, 0.2) is 0 Å². The molecule has 1 atom stereocenters. The third kappa shape index (κ3) is 5.75. The number of rotatable bonds is 4. The molecule has 0 rings (SSSR count). The van der Waals surface area contributed by atoms with Gasteiger partial charge in [-0.1, -0.05) is 62.0 Å². The molecule has 0 aliphatic rings. The zero-order valence-electron chi connectivity index (χ0n) is 11.6. The molecule has 1 unspecified atom stereocenters. The third-order valence-electron chi connectivity index (χ3n) is 2.89. The van der Waals surface area contributed by atoms with Gasteiger partial charge < -0.3 is 0 Å². The van der Waals surface area contributed by atoms with Crippen molar-refractivity contribution >= 4 is 15.9 Å². The lowest BCUT2D eigenvalue weighted by molar-refractivity contribution is 0.303. The quantitative estimate of drug-likeness (QED) is 0.608. The van der Waals surface area contributed by atoms with E-state index in [4.69, 9.17) is 0 Å². The first-order valence-electron chi connectivity index (χ1n) is 5.98. The molecule has 0 aliphatic carbocycles. The van der Waals surface area contributed by atoms with Crippen molar-refractivity contribution in [3.8, 4) is 11.8 Å². The Hall–Kier alpha value is -0.220. The summed E-state index contributed by atoms with van der Waals surface area (Å²) in [5.41, 5.74) is 0.136. The van der Waals surface area contributed by atoms with Crippen molar-refractivity contribution in [3.63, 3.8) is 0 Å². The summed E-state index contributed by atoms with van der Waals surface area (Å²) in [6.45, 7) is 17.2. The van der Waals surface area contributed by atoms with Crippen LogP contribution in [-0.2, 0) is 0 Å². The van der Waals surface area contributed by atoms with E-state index in [1.807, 2.05) is 0 Å². The Morgan fingerprint density at radius 2 is 1.81 bits per heavy atom. The maximum atomic E-state index is 3.99. The molecule has 0 spiro atoms. The Balaban J connectivity index is 4.68. The fourth-order valence-electron chi connectivity index (χ4n) is 1.67. The minimum absolute atomic E-state index is 0.0453. The Morgan fingerprint density at radius 3 is 2.19 bits per heavy atom. The SMILES string of the molecule is C=C(Br)C(C)(C)CC(C)(C)C#CC(C)CC. The lowest BCUT2D eigenvalue weighted by Crippen LogP contribution is -2.22. The van der Waals surface area contributed by atoms with Crippen LogP contribution in [0.15, 0.2) is 11.1 Å². The predicted molar refractivity (Wildman–Crippen MR) is 77.5 cm³/mol. The topological polar surface area (TPSA) is 0 Å². The minimum Gasteiger partial charge on any atom is -0.0996 e. The summed E-state index contributed by atoms with van der Waals surface area (Å²) in [6.07, 6.45) is 2.14. The molecule has 0 saturated heterocycles. The van der Waals surface area contributed by atoms with Gasteiger partial charge >= 0.3 is 0 Å². The molecule has 0 N–H and O–H groups in total. The highest BCUT2D eigenvalue weighted by atomic mass is 79.9. The molecule has 0 aliphatic heterocycles. The van der Waals surface area contributed by atoms with Crippen molar-refractivity contribution in [1.82, 2.24) is 0 Å². The smallest absolute Gasteiger partial charge is 0.0267 e. The molecule has 0 amide bonds. The Bertz CT molecular complexity index is 299. The van der Waals surface area contributed by atoms with Crippen molar-refractivity contribution in [2.45, 2.75) is 54.4 Å². The summed E-state index contributed by atoms with van der Waals surface area (Å²) in [5, 5.41) is 0. The second-order valence-corrected chi connectivity index (χ2v) is 6.89. The predicted octanol–water partition coefficient (Wildman–Crippen LogP) is 5.39. The minimum atomic E-state index is 0.0453. The normalized spacial score (nSPS) is 13.9. The van der Waals surface area contributed by atoms with Crippen LogP contribution >= 0.6 is 15.9 Å². The molecule has 1 heteroatoms. The van der Waals surface area contributed by atoms with Crippen molar-refractivity contribution in [2.24, 2.45) is 16.7 Å². The van der Waals surface area contributed by atoms with Crippen LogP contribution in [0.3, 0.4) is 0 Å². The Labute approximate surface area is 110 Å². The molecule has 0 radical (unpaired) electrons. The van der Waals surface area contributed by atoms with E-state index in [1.165, 1.54) is 0 Å². The van der Waals surface area contributed by atoms with Crippen LogP contribution in [0.4, 0.5) is 0 Å². The van der Waals surface area contributed by atoms with Crippen molar-refractivity contribution in [3.05, 3.63) is 11.1 Å². The van der Waals surface area contributed by atoms with E-state index in [0.29, 0.717) is 5.92 Å². The van der Waals surface area contributed by atoms with Gasteiger partial charge in [-0.2, -0.15) is 0 Å². The van der Waals surface area contributed by atoms with Crippen LogP contribution < -0.4 is 0 Å². The highest BCUT2D eigenvalue weighted by Gasteiger charge is 2.28. The van der Waals surface area contributed by atoms with E-state index in [-0.39, 0.29) is 10.8 Å². The molecule has 0 aromatic heterocycles. The summed E-state index contributed by atoms with van der Waals surface area (Å²) >= 11 is 3.50. The molecule has 16 heavy (non-hydrogen) atoms. The highest BCUT2D eigenvalue weighted by molar-refractivity contribution is 9.11. The maximum Gasteiger partial charge on any atom is 0.0267 e. The van der Waals surface area contributed by atoms with E-state index in [0.717, 1.165) is 17.3 Å². The molecule has 0 nitrogen and oxygen atoms in total. The van der Waals surface area contributed by atoms with E-state index < -0.39 is 0 Å². The third-order valence-corrected chi connectivity index (χ3v) is 3.96. The van der Waals surface area contributed by atoms with Gasteiger partial charge in [-0.05, 0) is 36.6 Å². The van der Waals surface area contributed by atoms with Gasteiger partial charge in [0.05, 0.1) is 0 Å². The van der Waals surface area contributed by atoms with Gasteiger partial charge in [-0.25, -0.2) is 0 Å². The van der Waals surface area contributed by atoms with Crippen molar-refractivity contribution in [2.75, 3.05) is 0 Å². The molecule has 0 aromatic rings. The molecular weight excluding hydrogens is 260 g/mol. The van der Waals surface area contributed by atoms with E-state index in [2.05, 4.69) is 75.9 Å². The monoisotopic (exact) mass is 284 g/mol. The van der Waals surface area contributed by atoms with Crippen molar-refractivity contribution in [1.29, 1.82) is 0 Å². The maximum absolute atomic E-state index is 3.99. The zero-order valence-corrected chi connectivity index (χ0v) is 13.2. The zero-order chi connectivity index (χ0) is 13.0. The fourth-order valence-corrected chi connectivity index (χ4v) is 1.81. The summed E-state index contributed by atoms with van der Waals surface area (Å²) in [6, 6.07) is 0. The lowest BCUT2D eigenvalue weighted by atomic mass is 9.75. The Morgan fingerprint density at radius 1 is 1.31 bits per heavy atom. The van der Waals surface area contributed by atoms with E-state index in [1.54, 1.807) is 0 Å². The van der Waals surface area contributed by atoms with Crippen LogP contribution in [0, 0.1) is 28.6 Å². The molecule has 0 saturated carbocycles. The molecule has 92 valence electrons. The molecule has 0 heterocycles. The Kier molecular flexibility index (Phi) is 5.84. The van der Waals surface area contributed by atoms with Crippen molar-refractivity contribution < 1.29 is 0 Å². The highest BCUT2D eigenvalue weighted by Crippen LogP contribution is 2.40. The number of allylic oxidation sites excluding steroid dienone is 1. The number of hydrogen-bond donors (Lipinski definition) is 0. The van der Waals surface area contributed by atoms with Crippen LogP contribution in [0.5, 0.6) is 0 Å². The van der Waals surface area contributed by atoms with Crippen LogP contribution in [0.2, 0.25) is 0 Å². The fraction of sp³-hybridized carbons (Fsp3) is 0.733. The van der Waals surface area contributed by atoms with Crippen LogP contribution in [0.1, 0.15) is 54.4 Å². The largest absolute Gasteiger partial charge is 0.0996 e. The molecule has 0 aromatic carbocycles. The summed E-state index contributed by atoms with van der Waals surface area (Å²) in [7, 11) is 0. The standard InChI is InChI=1S/C15H25Br/c1-8-12(2)9-10-14(4,5)11-15(6,7)13(3)16/h12H,3,8,11H2,1-2,4-7H3. The van der Waals surface area contributed by atoms with E-state index in [9.17, 15) is 0 Å².